The molecule has 0 aliphatic heterocycles. The number of nitrogens with one attached hydrogen (secondary N) is 1. The zero-order valence-corrected chi connectivity index (χ0v) is 14.6. The van der Waals surface area contributed by atoms with Crippen LogP contribution in [0.5, 0.6) is 5.75 Å². The topological polar surface area (TPSA) is 56.2 Å². The molecule has 0 unspecified atom stereocenters. The number of aryl methyl sites for hydroxylation is 1. The number of ether oxygens (including phenoxy) is 1. The van der Waals surface area contributed by atoms with Crippen molar-refractivity contribution in [2.45, 2.75) is 27.0 Å². The number of anilines is 1. The maximum atomic E-state index is 12.2. The number of aromatic nitrogens is 2. The average molecular weight is 409 g/mol. The summed E-state index contributed by atoms with van der Waals surface area (Å²) in [6.07, 6.45) is 0. The molecule has 1 aromatic carbocycles. The third kappa shape index (κ3) is 4.42. The second-order valence-electron chi connectivity index (χ2n) is 4.71. The number of nitrogens with zero attached hydrogens (tertiary/aromatic N) is 2. The first-order valence-corrected chi connectivity index (χ1v) is 7.68. The first kappa shape index (κ1) is 17.7. The lowest BCUT2D eigenvalue weighted by atomic mass is 10.3. The van der Waals surface area contributed by atoms with Gasteiger partial charge in [-0.25, -0.2) is 0 Å². The van der Waals surface area contributed by atoms with Crippen LogP contribution in [0, 0.1) is 13.8 Å². The normalized spacial score (nSPS) is 10.9. The highest BCUT2D eigenvalue weighted by atomic mass is 79.9. The van der Waals surface area contributed by atoms with E-state index in [1.165, 1.54) is 18.2 Å². The minimum atomic E-state index is -2.96. The minimum Gasteiger partial charge on any atom is -0.433 e. The Morgan fingerprint density at radius 3 is 2.70 bits per heavy atom. The number of carbonyl (C=O) groups excluding carboxylic acids is 1. The van der Waals surface area contributed by atoms with E-state index in [2.05, 4.69) is 31.1 Å². The van der Waals surface area contributed by atoms with E-state index < -0.39 is 6.61 Å². The highest BCUT2D eigenvalue weighted by Gasteiger charge is 2.13. The predicted molar refractivity (Wildman–Crippen MR) is 86.1 cm³/mol. The third-order valence-corrected chi connectivity index (χ3v) is 4.46. The van der Waals surface area contributed by atoms with Crippen molar-refractivity contribution >= 4 is 39.1 Å². The first-order valence-electron chi connectivity index (χ1n) is 6.51. The summed E-state index contributed by atoms with van der Waals surface area (Å²) in [7, 11) is 0. The third-order valence-electron chi connectivity index (χ3n) is 3.02. The molecule has 2 aromatic rings. The van der Waals surface area contributed by atoms with Crippen molar-refractivity contribution in [3.63, 3.8) is 0 Å². The summed E-state index contributed by atoms with van der Waals surface area (Å²) in [6, 6.07) is 4.04. The maximum absolute atomic E-state index is 12.2. The van der Waals surface area contributed by atoms with E-state index in [-0.39, 0.29) is 23.2 Å². The van der Waals surface area contributed by atoms with Crippen molar-refractivity contribution in [3.8, 4) is 5.75 Å². The molecule has 23 heavy (non-hydrogen) atoms. The van der Waals surface area contributed by atoms with E-state index in [9.17, 15) is 13.6 Å². The van der Waals surface area contributed by atoms with E-state index >= 15 is 0 Å². The van der Waals surface area contributed by atoms with Crippen LogP contribution in [0.3, 0.4) is 0 Å². The van der Waals surface area contributed by atoms with Gasteiger partial charge in [-0.05, 0) is 48.0 Å². The van der Waals surface area contributed by atoms with Gasteiger partial charge < -0.3 is 10.1 Å². The Hall–Kier alpha value is -1.67. The zero-order valence-electron chi connectivity index (χ0n) is 12.2. The summed E-state index contributed by atoms with van der Waals surface area (Å²) in [5, 5.41) is 6.84. The predicted octanol–water partition coefficient (Wildman–Crippen LogP) is 4.16. The number of carbonyl (C=O) groups is 1. The Kier molecular flexibility index (Phi) is 5.59. The van der Waals surface area contributed by atoms with E-state index in [0.29, 0.717) is 5.69 Å². The fraction of sp³-hybridized carbons (Fsp3) is 0.286. The van der Waals surface area contributed by atoms with Gasteiger partial charge in [0.2, 0.25) is 5.91 Å². The molecular weight excluding hydrogens is 396 g/mol. The molecule has 0 saturated heterocycles. The summed E-state index contributed by atoms with van der Waals surface area (Å²) in [6.45, 7) is 0.723. The molecule has 0 spiro atoms. The molecule has 1 N–H and O–H groups in total. The summed E-state index contributed by atoms with van der Waals surface area (Å²) in [5.74, 6) is -0.469. The number of halogens is 4. The molecule has 1 heterocycles. The number of benzene rings is 1. The van der Waals surface area contributed by atoms with Gasteiger partial charge >= 0.3 is 6.61 Å². The Balaban J connectivity index is 2.05. The molecule has 2 rings (SSSR count). The number of hydrogen-bond donors (Lipinski definition) is 1. The Labute approximate surface area is 144 Å². The second kappa shape index (κ2) is 7.27. The van der Waals surface area contributed by atoms with Crippen LogP contribution in [0.15, 0.2) is 22.7 Å². The van der Waals surface area contributed by atoms with Crippen molar-refractivity contribution in [2.24, 2.45) is 0 Å². The van der Waals surface area contributed by atoms with E-state index in [4.69, 9.17) is 11.6 Å². The van der Waals surface area contributed by atoms with Crippen molar-refractivity contribution in [1.29, 1.82) is 0 Å². The quantitative estimate of drug-likeness (QED) is 0.808. The van der Waals surface area contributed by atoms with Gasteiger partial charge in [-0.1, -0.05) is 11.6 Å². The molecule has 0 radical (unpaired) electrons. The summed E-state index contributed by atoms with van der Waals surface area (Å²) >= 11 is 9.22. The molecule has 0 bridgehead atoms. The fourth-order valence-electron chi connectivity index (χ4n) is 1.94. The summed E-state index contributed by atoms with van der Waals surface area (Å²) < 4.78 is 31.0. The largest absolute Gasteiger partial charge is 0.433 e. The lowest BCUT2D eigenvalue weighted by Crippen LogP contribution is -2.20. The van der Waals surface area contributed by atoms with Crippen LogP contribution in [0.25, 0.3) is 0 Å². The van der Waals surface area contributed by atoms with Gasteiger partial charge in [-0.3, -0.25) is 9.48 Å². The Morgan fingerprint density at radius 2 is 2.17 bits per heavy atom. The van der Waals surface area contributed by atoms with Crippen molar-refractivity contribution in [2.75, 3.05) is 5.32 Å². The molecule has 0 atom stereocenters. The van der Waals surface area contributed by atoms with Gasteiger partial charge in [-0.15, -0.1) is 0 Å². The SMILES string of the molecule is Cc1nn(CC(=O)Nc2ccc(OC(F)F)c(Cl)c2)c(C)c1Br. The van der Waals surface area contributed by atoms with Gasteiger partial charge in [0.25, 0.3) is 0 Å². The van der Waals surface area contributed by atoms with Gasteiger partial charge in [0, 0.05) is 5.69 Å². The van der Waals surface area contributed by atoms with Crippen molar-refractivity contribution in [1.82, 2.24) is 9.78 Å². The standard InChI is InChI=1S/C14H13BrClF2N3O2/c1-7-13(15)8(2)21(20-7)6-12(22)19-9-3-4-11(10(16)5-9)23-14(17)18/h3-5,14H,6H2,1-2H3,(H,19,22). The monoisotopic (exact) mass is 407 g/mol. The molecule has 1 aromatic heterocycles. The van der Waals surface area contributed by atoms with Gasteiger partial charge in [0.1, 0.15) is 12.3 Å². The highest BCUT2D eigenvalue weighted by molar-refractivity contribution is 9.10. The number of alkyl halides is 2. The fourth-order valence-corrected chi connectivity index (χ4v) is 2.44. The van der Waals surface area contributed by atoms with Crippen LogP contribution < -0.4 is 10.1 Å². The first-order chi connectivity index (χ1) is 10.8. The minimum absolute atomic E-state index is 0.0167. The van der Waals surface area contributed by atoms with Gasteiger partial charge in [0.15, 0.2) is 0 Å². The molecular formula is C14H13BrClF2N3O2. The lowest BCUT2D eigenvalue weighted by molar-refractivity contribution is -0.116. The van der Waals surface area contributed by atoms with Crippen LogP contribution in [-0.4, -0.2) is 22.3 Å². The van der Waals surface area contributed by atoms with Crippen molar-refractivity contribution < 1.29 is 18.3 Å². The second-order valence-corrected chi connectivity index (χ2v) is 5.91. The van der Waals surface area contributed by atoms with Crippen LogP contribution >= 0.6 is 27.5 Å². The highest BCUT2D eigenvalue weighted by Crippen LogP contribution is 2.29. The summed E-state index contributed by atoms with van der Waals surface area (Å²) in [4.78, 5) is 12.0. The molecule has 9 heteroatoms. The van der Waals surface area contributed by atoms with Crippen LogP contribution in [0.2, 0.25) is 5.02 Å². The van der Waals surface area contributed by atoms with Crippen LogP contribution in [0.4, 0.5) is 14.5 Å². The maximum Gasteiger partial charge on any atom is 0.387 e. The molecule has 1 amide bonds. The molecule has 5 nitrogen and oxygen atoms in total. The van der Waals surface area contributed by atoms with Crippen molar-refractivity contribution in [3.05, 3.63) is 39.1 Å². The number of hydrogen-bond acceptors (Lipinski definition) is 3. The molecule has 0 aliphatic rings. The van der Waals surface area contributed by atoms with E-state index in [1.54, 1.807) is 4.68 Å². The molecule has 124 valence electrons. The average Bonchev–Trinajstić information content (AvgIpc) is 2.69. The van der Waals surface area contributed by atoms with Gasteiger partial charge in [-0.2, -0.15) is 13.9 Å². The van der Waals surface area contributed by atoms with E-state index in [0.717, 1.165) is 15.9 Å². The lowest BCUT2D eigenvalue weighted by Gasteiger charge is -2.10. The molecule has 0 fully saturated rings. The van der Waals surface area contributed by atoms with Gasteiger partial charge in [0.05, 0.1) is 20.9 Å². The van der Waals surface area contributed by atoms with Crippen LogP contribution in [0.1, 0.15) is 11.4 Å². The summed E-state index contributed by atoms with van der Waals surface area (Å²) in [5.41, 5.74) is 1.99. The zero-order chi connectivity index (χ0) is 17.1. The smallest absolute Gasteiger partial charge is 0.387 e. The molecule has 0 saturated carbocycles. The number of amides is 1. The Bertz CT molecular complexity index is 737. The van der Waals surface area contributed by atoms with Crippen LogP contribution in [-0.2, 0) is 11.3 Å². The Morgan fingerprint density at radius 1 is 1.48 bits per heavy atom. The molecule has 0 aliphatic carbocycles. The van der Waals surface area contributed by atoms with E-state index in [1.807, 2.05) is 13.8 Å². The number of rotatable bonds is 5.